The second kappa shape index (κ2) is 6.83. The molecule has 0 atom stereocenters. The lowest BCUT2D eigenvalue weighted by atomic mass is 10.1. The van der Waals surface area contributed by atoms with Gasteiger partial charge in [0.25, 0.3) is 0 Å². The number of morpholine rings is 1. The van der Waals surface area contributed by atoms with Crippen molar-refractivity contribution < 1.29 is 4.74 Å². The van der Waals surface area contributed by atoms with Crippen LogP contribution in [0.1, 0.15) is 17.8 Å². The van der Waals surface area contributed by atoms with Crippen molar-refractivity contribution in [2.24, 2.45) is 10.9 Å². The van der Waals surface area contributed by atoms with Gasteiger partial charge in [0.15, 0.2) is 10.8 Å². The molecule has 120 valence electrons. The van der Waals surface area contributed by atoms with Gasteiger partial charge >= 0.3 is 0 Å². The van der Waals surface area contributed by atoms with Gasteiger partial charge in [-0.3, -0.25) is 9.89 Å². The van der Waals surface area contributed by atoms with Crippen molar-refractivity contribution >= 4 is 17.2 Å². The Hall–Kier alpha value is -1.68. The molecule has 1 saturated carbocycles. The third-order valence-corrected chi connectivity index (χ3v) is 4.93. The second-order valence-corrected chi connectivity index (χ2v) is 6.91. The molecule has 0 spiro atoms. The van der Waals surface area contributed by atoms with Gasteiger partial charge in [-0.05, 0) is 12.8 Å². The molecule has 1 aromatic rings. The van der Waals surface area contributed by atoms with Gasteiger partial charge in [0, 0.05) is 48.4 Å². The summed E-state index contributed by atoms with van der Waals surface area (Å²) in [6, 6.07) is 0. The largest absolute Gasteiger partial charge is 0.379 e. The Morgan fingerprint density at radius 3 is 2.96 bits per heavy atom. The Bertz CT molecular complexity index is 673. The van der Waals surface area contributed by atoms with Crippen LogP contribution < -0.4 is 5.32 Å². The minimum Gasteiger partial charge on any atom is -0.379 e. The Balaban J connectivity index is 1.53. The highest BCUT2D eigenvalue weighted by molar-refractivity contribution is 7.11. The first-order valence-corrected chi connectivity index (χ1v) is 9.01. The predicted octanol–water partition coefficient (Wildman–Crippen LogP) is 1.49. The summed E-state index contributed by atoms with van der Waals surface area (Å²) in [5.41, 5.74) is 2.31. The van der Waals surface area contributed by atoms with E-state index in [1.807, 2.05) is 11.6 Å². The molecule has 0 unspecified atom stereocenters. The molecule has 0 amide bonds. The molecule has 1 saturated heterocycles. The van der Waals surface area contributed by atoms with E-state index < -0.39 is 0 Å². The van der Waals surface area contributed by atoms with Crippen molar-refractivity contribution in [3.8, 4) is 11.8 Å². The van der Waals surface area contributed by atoms with Crippen LogP contribution in [-0.2, 0) is 4.74 Å². The monoisotopic (exact) mass is 328 g/mol. The van der Waals surface area contributed by atoms with Crippen LogP contribution in [0.15, 0.2) is 27.8 Å². The van der Waals surface area contributed by atoms with Gasteiger partial charge in [0.05, 0.1) is 19.8 Å². The Morgan fingerprint density at radius 2 is 2.22 bits per heavy atom. The standard InChI is InChI=1S/C17H20N4OS/c1-2-13(1)3-4-14-11-19-16(17-18-5-10-23-17)20-15(14)12-21-6-8-22-9-7-21/h5,10,13H,1-2,6-9,11-12H2,(H,19,20). The molecule has 0 aromatic carbocycles. The minimum absolute atomic E-state index is 0.608. The van der Waals surface area contributed by atoms with Crippen LogP contribution in [0.2, 0.25) is 0 Å². The van der Waals surface area contributed by atoms with Crippen molar-refractivity contribution in [2.45, 2.75) is 12.8 Å². The molecule has 2 aliphatic heterocycles. The molecule has 0 bridgehead atoms. The average Bonchev–Trinajstić information content (AvgIpc) is 3.26. The maximum atomic E-state index is 5.44. The fourth-order valence-electron chi connectivity index (χ4n) is 2.62. The molecule has 5 nitrogen and oxygen atoms in total. The summed E-state index contributed by atoms with van der Waals surface area (Å²) < 4.78 is 5.44. The molecule has 3 aliphatic rings. The smallest absolute Gasteiger partial charge is 0.162 e. The molecule has 23 heavy (non-hydrogen) atoms. The molecule has 6 heteroatoms. The lowest BCUT2D eigenvalue weighted by Gasteiger charge is -2.29. The summed E-state index contributed by atoms with van der Waals surface area (Å²) >= 11 is 1.61. The fourth-order valence-corrected chi connectivity index (χ4v) is 3.22. The zero-order chi connectivity index (χ0) is 15.5. The first-order chi connectivity index (χ1) is 11.4. The number of amidine groups is 1. The van der Waals surface area contributed by atoms with Crippen LogP contribution in [-0.4, -0.2) is 55.1 Å². The van der Waals surface area contributed by atoms with Gasteiger partial charge in [-0.1, -0.05) is 11.8 Å². The van der Waals surface area contributed by atoms with Gasteiger partial charge in [-0.2, -0.15) is 0 Å². The number of aliphatic imine (C=N–C) groups is 1. The summed E-state index contributed by atoms with van der Waals surface area (Å²) in [5, 5.41) is 6.41. The second-order valence-electron chi connectivity index (χ2n) is 6.02. The molecule has 3 heterocycles. The number of hydrogen-bond acceptors (Lipinski definition) is 6. The molecule has 2 fully saturated rings. The van der Waals surface area contributed by atoms with Crippen molar-refractivity contribution in [2.75, 3.05) is 39.4 Å². The zero-order valence-electron chi connectivity index (χ0n) is 13.0. The minimum atomic E-state index is 0.608. The maximum Gasteiger partial charge on any atom is 0.162 e. The van der Waals surface area contributed by atoms with E-state index in [1.165, 1.54) is 18.5 Å². The third kappa shape index (κ3) is 3.81. The number of ether oxygens (including phenoxy) is 1. The van der Waals surface area contributed by atoms with E-state index in [2.05, 4.69) is 32.0 Å². The Labute approximate surface area is 140 Å². The number of nitrogens with one attached hydrogen (secondary N) is 1. The van der Waals surface area contributed by atoms with Crippen molar-refractivity contribution in [1.29, 1.82) is 0 Å². The quantitative estimate of drug-likeness (QED) is 0.854. The summed E-state index contributed by atoms with van der Waals surface area (Å²) in [7, 11) is 0. The number of rotatable bonds is 3. The lowest BCUT2D eigenvalue weighted by Crippen LogP contribution is -2.42. The first kappa shape index (κ1) is 14.9. The lowest BCUT2D eigenvalue weighted by molar-refractivity contribution is 0.0418. The average molecular weight is 328 g/mol. The van der Waals surface area contributed by atoms with Crippen LogP contribution >= 0.6 is 11.3 Å². The van der Waals surface area contributed by atoms with Crippen molar-refractivity contribution in [3.05, 3.63) is 27.9 Å². The van der Waals surface area contributed by atoms with Crippen LogP contribution in [0.25, 0.3) is 0 Å². The normalized spacial score (nSPS) is 22.2. The fraction of sp³-hybridized carbons (Fsp3) is 0.529. The summed E-state index contributed by atoms with van der Waals surface area (Å²) in [6.45, 7) is 5.09. The zero-order valence-corrected chi connectivity index (χ0v) is 13.9. The van der Waals surface area contributed by atoms with E-state index in [9.17, 15) is 0 Å². The molecule has 4 rings (SSSR count). The third-order valence-electron chi connectivity index (χ3n) is 4.15. The highest BCUT2D eigenvalue weighted by Gasteiger charge is 2.21. The summed E-state index contributed by atoms with van der Waals surface area (Å²) in [6.07, 6.45) is 4.32. The molecule has 0 radical (unpaired) electrons. The molecule has 1 aliphatic carbocycles. The summed E-state index contributed by atoms with van der Waals surface area (Å²) in [5.74, 6) is 8.23. The Kier molecular flexibility index (Phi) is 4.42. The van der Waals surface area contributed by atoms with Gasteiger partial charge in [0.1, 0.15) is 0 Å². The topological polar surface area (TPSA) is 49.8 Å². The maximum absolute atomic E-state index is 5.44. The van der Waals surface area contributed by atoms with E-state index in [-0.39, 0.29) is 0 Å². The molecular formula is C17H20N4OS. The van der Waals surface area contributed by atoms with Crippen molar-refractivity contribution in [3.63, 3.8) is 0 Å². The SMILES string of the molecule is C(#CC1CC1)C1=C(CN2CCOCC2)NC(c2nccs2)=NC1. The van der Waals surface area contributed by atoms with E-state index >= 15 is 0 Å². The highest BCUT2D eigenvalue weighted by atomic mass is 32.1. The van der Waals surface area contributed by atoms with E-state index in [4.69, 9.17) is 4.74 Å². The van der Waals surface area contributed by atoms with E-state index in [0.717, 1.165) is 49.3 Å². The van der Waals surface area contributed by atoms with Crippen LogP contribution in [0.5, 0.6) is 0 Å². The van der Waals surface area contributed by atoms with E-state index in [1.54, 1.807) is 11.3 Å². The Morgan fingerprint density at radius 1 is 1.35 bits per heavy atom. The van der Waals surface area contributed by atoms with E-state index in [0.29, 0.717) is 12.5 Å². The number of thiazole rings is 1. The first-order valence-electron chi connectivity index (χ1n) is 8.13. The van der Waals surface area contributed by atoms with Gasteiger partial charge in [-0.15, -0.1) is 11.3 Å². The number of hydrogen-bond donors (Lipinski definition) is 1. The molecule has 1 aromatic heterocycles. The van der Waals surface area contributed by atoms with Gasteiger partial charge < -0.3 is 10.1 Å². The van der Waals surface area contributed by atoms with Gasteiger partial charge in [0.2, 0.25) is 0 Å². The van der Waals surface area contributed by atoms with Crippen LogP contribution in [0.4, 0.5) is 0 Å². The number of aromatic nitrogens is 1. The van der Waals surface area contributed by atoms with Gasteiger partial charge in [-0.25, -0.2) is 4.98 Å². The highest BCUT2D eigenvalue weighted by Crippen LogP contribution is 2.27. The van der Waals surface area contributed by atoms with Crippen LogP contribution in [0, 0.1) is 17.8 Å². The molecule has 1 N–H and O–H groups in total. The summed E-state index contributed by atoms with van der Waals surface area (Å²) in [4.78, 5) is 11.4. The number of nitrogens with zero attached hydrogens (tertiary/aromatic N) is 3. The molecular weight excluding hydrogens is 308 g/mol. The van der Waals surface area contributed by atoms with Crippen molar-refractivity contribution in [1.82, 2.24) is 15.2 Å². The van der Waals surface area contributed by atoms with Crippen LogP contribution in [0.3, 0.4) is 0 Å². The predicted molar refractivity (Wildman–Crippen MR) is 91.4 cm³/mol.